The van der Waals surface area contributed by atoms with Crippen molar-refractivity contribution in [2.45, 2.75) is 19.3 Å². The van der Waals surface area contributed by atoms with Gasteiger partial charge in [-0.3, -0.25) is 14.6 Å². The molecular formula is C21H20N2O3. The van der Waals surface area contributed by atoms with E-state index in [4.69, 9.17) is 4.42 Å². The molecule has 4 rings (SSSR count). The van der Waals surface area contributed by atoms with E-state index in [1.54, 1.807) is 35.4 Å². The molecule has 132 valence electrons. The van der Waals surface area contributed by atoms with Gasteiger partial charge in [-0.25, -0.2) is 0 Å². The maximum atomic E-state index is 12.9. The molecule has 2 aromatic heterocycles. The van der Waals surface area contributed by atoms with E-state index in [0.29, 0.717) is 30.0 Å². The summed E-state index contributed by atoms with van der Waals surface area (Å²) in [5.41, 5.74) is 1.31. The molecule has 1 fully saturated rings. The number of amides is 1. The summed E-state index contributed by atoms with van der Waals surface area (Å²) in [7, 11) is 0. The zero-order valence-corrected chi connectivity index (χ0v) is 14.4. The van der Waals surface area contributed by atoms with Crippen LogP contribution in [0.2, 0.25) is 0 Å². The SMILES string of the molecule is O=C(c1cc(=O)c2ccccc2o1)N1CCC[C@@H](Cc2ccccn2)C1. The van der Waals surface area contributed by atoms with Crippen LogP contribution < -0.4 is 5.43 Å². The van der Waals surface area contributed by atoms with Gasteiger partial charge in [0.15, 0.2) is 11.2 Å². The molecular weight excluding hydrogens is 328 g/mol. The molecule has 0 unspecified atom stereocenters. The third-order valence-electron chi connectivity index (χ3n) is 4.88. The van der Waals surface area contributed by atoms with Crippen LogP contribution >= 0.6 is 0 Å². The number of para-hydroxylation sites is 1. The third-order valence-corrected chi connectivity index (χ3v) is 4.88. The molecule has 0 spiro atoms. The molecule has 0 bridgehead atoms. The Morgan fingerprint density at radius 1 is 1.19 bits per heavy atom. The summed E-state index contributed by atoms with van der Waals surface area (Å²) in [6.45, 7) is 1.35. The lowest BCUT2D eigenvalue weighted by Gasteiger charge is -2.32. The van der Waals surface area contributed by atoms with Gasteiger partial charge in [-0.1, -0.05) is 18.2 Å². The van der Waals surface area contributed by atoms with Gasteiger partial charge >= 0.3 is 0 Å². The first-order chi connectivity index (χ1) is 12.7. The summed E-state index contributed by atoms with van der Waals surface area (Å²) in [5, 5.41) is 0.496. The Kier molecular flexibility index (Phi) is 4.52. The second-order valence-corrected chi connectivity index (χ2v) is 6.76. The molecule has 1 aliphatic heterocycles. The number of piperidine rings is 1. The van der Waals surface area contributed by atoms with E-state index >= 15 is 0 Å². The minimum atomic E-state index is -0.210. The fourth-order valence-electron chi connectivity index (χ4n) is 3.60. The molecule has 26 heavy (non-hydrogen) atoms. The van der Waals surface area contributed by atoms with Crippen molar-refractivity contribution < 1.29 is 9.21 Å². The lowest BCUT2D eigenvalue weighted by molar-refractivity contribution is 0.0641. The second-order valence-electron chi connectivity index (χ2n) is 6.76. The summed E-state index contributed by atoms with van der Waals surface area (Å²) in [6, 6.07) is 14.2. The van der Waals surface area contributed by atoms with Crippen molar-refractivity contribution in [2.24, 2.45) is 5.92 Å². The summed E-state index contributed by atoms with van der Waals surface area (Å²) in [5.74, 6) is 0.278. The standard InChI is InChI=1S/C21H20N2O3/c24-18-13-20(26-19-9-2-1-8-17(18)19)21(25)23-11-5-6-15(14-23)12-16-7-3-4-10-22-16/h1-4,7-10,13,15H,5-6,11-12,14H2/t15-/m0/s1. The Hall–Kier alpha value is -2.95. The Balaban J connectivity index is 1.53. The second kappa shape index (κ2) is 7.12. The maximum absolute atomic E-state index is 12.9. The zero-order chi connectivity index (χ0) is 17.9. The summed E-state index contributed by atoms with van der Waals surface area (Å²) in [6.07, 6.45) is 4.67. The Labute approximate surface area is 151 Å². The fraction of sp³-hybridized carbons (Fsp3) is 0.286. The Bertz CT molecular complexity index is 981. The van der Waals surface area contributed by atoms with E-state index in [9.17, 15) is 9.59 Å². The highest BCUT2D eigenvalue weighted by atomic mass is 16.3. The first kappa shape index (κ1) is 16.5. The molecule has 0 saturated carbocycles. The average molecular weight is 348 g/mol. The van der Waals surface area contributed by atoms with Crippen LogP contribution in [0.5, 0.6) is 0 Å². The third kappa shape index (κ3) is 3.38. The molecule has 1 aliphatic rings. The van der Waals surface area contributed by atoms with Gasteiger partial charge in [0, 0.05) is 31.0 Å². The zero-order valence-electron chi connectivity index (χ0n) is 14.4. The molecule has 5 nitrogen and oxygen atoms in total. The molecule has 0 aliphatic carbocycles. The molecule has 5 heteroatoms. The van der Waals surface area contributed by atoms with Gasteiger partial charge in [0.05, 0.1) is 5.39 Å². The first-order valence-corrected chi connectivity index (χ1v) is 8.93. The molecule has 3 heterocycles. The Morgan fingerprint density at radius 2 is 2.04 bits per heavy atom. The predicted octanol–water partition coefficient (Wildman–Crippen LogP) is 3.28. The van der Waals surface area contributed by atoms with E-state index in [1.807, 2.05) is 18.2 Å². The van der Waals surface area contributed by atoms with Crippen LogP contribution in [0.3, 0.4) is 0 Å². The average Bonchev–Trinajstić information content (AvgIpc) is 2.68. The van der Waals surface area contributed by atoms with Gasteiger partial charge in [-0.15, -0.1) is 0 Å². The van der Waals surface area contributed by atoms with Crippen LogP contribution in [-0.4, -0.2) is 28.9 Å². The van der Waals surface area contributed by atoms with Crippen LogP contribution in [0.25, 0.3) is 11.0 Å². The summed E-state index contributed by atoms with van der Waals surface area (Å²) in [4.78, 5) is 31.3. The van der Waals surface area contributed by atoms with Crippen molar-refractivity contribution in [1.29, 1.82) is 0 Å². The highest BCUT2D eigenvalue weighted by Crippen LogP contribution is 2.22. The van der Waals surface area contributed by atoms with Gasteiger partial charge < -0.3 is 9.32 Å². The van der Waals surface area contributed by atoms with Crippen molar-refractivity contribution in [2.75, 3.05) is 13.1 Å². The lowest BCUT2D eigenvalue weighted by atomic mass is 9.93. The number of nitrogens with zero attached hydrogens (tertiary/aromatic N) is 2. The van der Waals surface area contributed by atoms with Crippen LogP contribution in [0.1, 0.15) is 29.1 Å². The predicted molar refractivity (Wildman–Crippen MR) is 99.1 cm³/mol. The van der Waals surface area contributed by atoms with Gasteiger partial charge in [-0.05, 0) is 49.4 Å². The molecule has 1 amide bonds. The molecule has 0 radical (unpaired) electrons. The smallest absolute Gasteiger partial charge is 0.289 e. The number of pyridine rings is 1. The van der Waals surface area contributed by atoms with Gasteiger partial charge in [0.25, 0.3) is 5.91 Å². The number of aromatic nitrogens is 1. The topological polar surface area (TPSA) is 63.4 Å². The van der Waals surface area contributed by atoms with Crippen molar-refractivity contribution in [3.8, 4) is 0 Å². The van der Waals surface area contributed by atoms with Gasteiger partial charge in [-0.2, -0.15) is 0 Å². The van der Waals surface area contributed by atoms with Gasteiger partial charge in [0.1, 0.15) is 5.58 Å². The lowest BCUT2D eigenvalue weighted by Crippen LogP contribution is -2.40. The van der Waals surface area contributed by atoms with Crippen LogP contribution in [-0.2, 0) is 6.42 Å². The van der Waals surface area contributed by atoms with E-state index in [0.717, 1.165) is 25.0 Å². The number of hydrogen-bond donors (Lipinski definition) is 0. The monoisotopic (exact) mass is 348 g/mol. The van der Waals surface area contributed by atoms with Crippen molar-refractivity contribution in [3.63, 3.8) is 0 Å². The Morgan fingerprint density at radius 3 is 2.88 bits per heavy atom. The molecule has 0 N–H and O–H groups in total. The summed E-state index contributed by atoms with van der Waals surface area (Å²) >= 11 is 0. The van der Waals surface area contributed by atoms with E-state index in [2.05, 4.69) is 4.98 Å². The number of carbonyl (C=O) groups is 1. The van der Waals surface area contributed by atoms with E-state index < -0.39 is 0 Å². The number of likely N-dealkylation sites (tertiary alicyclic amines) is 1. The maximum Gasteiger partial charge on any atom is 0.289 e. The molecule has 1 aromatic carbocycles. The number of fused-ring (bicyclic) bond motifs is 1. The quantitative estimate of drug-likeness (QED) is 0.729. The van der Waals surface area contributed by atoms with Crippen LogP contribution in [0, 0.1) is 5.92 Å². The van der Waals surface area contributed by atoms with Crippen molar-refractivity contribution >= 4 is 16.9 Å². The number of carbonyl (C=O) groups excluding carboxylic acids is 1. The minimum Gasteiger partial charge on any atom is -0.451 e. The normalized spacial score (nSPS) is 17.4. The molecule has 1 saturated heterocycles. The first-order valence-electron chi connectivity index (χ1n) is 8.93. The number of rotatable bonds is 3. The van der Waals surface area contributed by atoms with Crippen molar-refractivity contribution in [3.05, 3.63) is 76.4 Å². The number of benzene rings is 1. The van der Waals surface area contributed by atoms with Crippen LogP contribution in [0.4, 0.5) is 0 Å². The molecule has 1 atom stereocenters. The summed E-state index contributed by atoms with van der Waals surface area (Å²) < 4.78 is 5.71. The fourth-order valence-corrected chi connectivity index (χ4v) is 3.60. The van der Waals surface area contributed by atoms with Gasteiger partial charge in [0.2, 0.25) is 0 Å². The highest BCUT2D eigenvalue weighted by molar-refractivity contribution is 5.93. The molecule has 3 aromatic rings. The van der Waals surface area contributed by atoms with Crippen LogP contribution in [0.15, 0.2) is 63.9 Å². The minimum absolute atomic E-state index is 0.118. The highest BCUT2D eigenvalue weighted by Gasteiger charge is 2.26. The largest absolute Gasteiger partial charge is 0.451 e. The van der Waals surface area contributed by atoms with E-state index in [-0.39, 0.29) is 17.1 Å². The number of hydrogen-bond acceptors (Lipinski definition) is 4. The van der Waals surface area contributed by atoms with E-state index in [1.165, 1.54) is 6.07 Å². The van der Waals surface area contributed by atoms with Crippen molar-refractivity contribution in [1.82, 2.24) is 9.88 Å².